The van der Waals surface area contributed by atoms with E-state index in [1.165, 1.54) is 5.57 Å². The van der Waals surface area contributed by atoms with E-state index in [9.17, 15) is 19.8 Å². The Kier molecular flexibility index (Phi) is 7.82. The van der Waals surface area contributed by atoms with Crippen LogP contribution in [-0.2, 0) is 9.59 Å². The molecule has 3 N–H and O–H groups in total. The second-order valence-corrected chi connectivity index (χ2v) is 14.1. The Hall–Kier alpha value is -1.24. The number of allylic oxidation sites excluding steroid dienone is 1. The van der Waals surface area contributed by atoms with Crippen molar-refractivity contribution < 1.29 is 19.8 Å². The van der Waals surface area contributed by atoms with Gasteiger partial charge in [-0.25, -0.2) is 0 Å². The Bertz CT molecular complexity index is 932. The van der Waals surface area contributed by atoms with Crippen molar-refractivity contribution in [3.05, 3.63) is 11.6 Å². The zero-order chi connectivity index (χ0) is 27.5. The summed E-state index contributed by atoms with van der Waals surface area (Å²) in [5.74, 6) is 0.765. The highest BCUT2D eigenvalue weighted by atomic mass is 16.3. The van der Waals surface area contributed by atoms with Crippen LogP contribution >= 0.6 is 0 Å². The topological polar surface area (TPSA) is 89.9 Å². The van der Waals surface area contributed by atoms with E-state index in [2.05, 4.69) is 58.1 Å². The highest BCUT2D eigenvalue weighted by Crippen LogP contribution is 2.69. The molecular formula is C31H52N2O4. The second kappa shape index (κ2) is 10.1. The minimum atomic E-state index is -0.453. The molecular weight excluding hydrogens is 464 g/mol. The number of fused-ring (bicyclic) bond motifs is 4. The Balaban J connectivity index is 1.66. The van der Waals surface area contributed by atoms with Crippen LogP contribution < -0.4 is 5.32 Å². The minimum Gasteiger partial charge on any atom is -0.396 e. The zero-order valence-electron chi connectivity index (χ0n) is 24.5. The van der Waals surface area contributed by atoms with E-state index >= 15 is 0 Å². The molecule has 0 aromatic heterocycles. The van der Waals surface area contributed by atoms with Crippen molar-refractivity contribution in [1.29, 1.82) is 0 Å². The summed E-state index contributed by atoms with van der Waals surface area (Å²) >= 11 is 0. The summed E-state index contributed by atoms with van der Waals surface area (Å²) in [5.41, 5.74) is 0.486. The SMILES string of the molecule is CC[C@H](C)C(=O)N[C@H]1CC=C2C[C@H]3C(=O)C[C@]4(C)[C@@H]([C@H](C)N(C)C)[C@H](O)C[C@@]4(C)[C@@H]3CC[C@H]2[C@]1(C)CO. The molecule has 0 heterocycles. The largest absolute Gasteiger partial charge is 0.396 e. The molecule has 0 aromatic rings. The van der Waals surface area contributed by atoms with E-state index in [0.717, 1.165) is 32.1 Å². The number of nitrogens with one attached hydrogen (secondary N) is 1. The third-order valence-corrected chi connectivity index (χ3v) is 12.3. The van der Waals surface area contributed by atoms with Gasteiger partial charge in [0.1, 0.15) is 5.78 Å². The van der Waals surface area contributed by atoms with Gasteiger partial charge in [-0.05, 0) is 82.2 Å². The number of amides is 1. The van der Waals surface area contributed by atoms with Crippen molar-refractivity contribution in [2.24, 2.45) is 45.8 Å². The molecule has 4 aliphatic rings. The van der Waals surface area contributed by atoms with Crippen molar-refractivity contribution in [3.63, 3.8) is 0 Å². The highest BCUT2D eigenvalue weighted by Gasteiger charge is 2.67. The number of Topliss-reactive ketones (excluding diaryl/α,β-unsaturated/α-hetero) is 1. The van der Waals surface area contributed by atoms with Crippen LogP contribution in [0, 0.1) is 45.8 Å². The van der Waals surface area contributed by atoms with Crippen molar-refractivity contribution in [3.8, 4) is 0 Å². The summed E-state index contributed by atoms with van der Waals surface area (Å²) in [5, 5.41) is 25.4. The van der Waals surface area contributed by atoms with Gasteiger partial charge in [-0.3, -0.25) is 9.59 Å². The lowest BCUT2D eigenvalue weighted by Crippen LogP contribution is -2.55. The van der Waals surface area contributed by atoms with Crippen molar-refractivity contribution in [1.82, 2.24) is 10.2 Å². The van der Waals surface area contributed by atoms with Gasteiger partial charge < -0.3 is 20.4 Å². The normalized spacial score (nSPS) is 45.3. The monoisotopic (exact) mass is 516 g/mol. The van der Waals surface area contributed by atoms with Crippen LogP contribution in [-0.4, -0.2) is 65.7 Å². The number of ketones is 1. The predicted octanol–water partition coefficient (Wildman–Crippen LogP) is 4.19. The Morgan fingerprint density at radius 3 is 2.46 bits per heavy atom. The molecule has 210 valence electrons. The summed E-state index contributed by atoms with van der Waals surface area (Å²) in [7, 11) is 4.14. The third kappa shape index (κ3) is 4.34. The first-order chi connectivity index (χ1) is 17.2. The molecule has 0 aromatic carbocycles. The maximum Gasteiger partial charge on any atom is 0.223 e. The molecule has 0 bridgehead atoms. The van der Waals surface area contributed by atoms with Gasteiger partial charge in [-0.2, -0.15) is 0 Å². The number of rotatable bonds is 6. The molecule has 0 saturated heterocycles. The summed E-state index contributed by atoms with van der Waals surface area (Å²) < 4.78 is 0. The fourth-order valence-electron chi connectivity index (χ4n) is 9.24. The number of nitrogens with zero attached hydrogens (tertiary/aromatic N) is 1. The Morgan fingerprint density at radius 1 is 1.19 bits per heavy atom. The fourth-order valence-corrected chi connectivity index (χ4v) is 9.24. The Labute approximate surface area is 224 Å². The van der Waals surface area contributed by atoms with Crippen LogP contribution in [0.3, 0.4) is 0 Å². The number of aliphatic hydroxyl groups is 2. The number of hydrogen-bond acceptors (Lipinski definition) is 5. The first kappa shape index (κ1) is 28.8. The molecule has 3 saturated carbocycles. The number of carbonyl (C=O) groups excluding carboxylic acids is 2. The molecule has 0 spiro atoms. The van der Waals surface area contributed by atoms with Gasteiger partial charge in [-0.1, -0.05) is 46.3 Å². The standard InChI is InChI=1S/C31H52N2O4/c1-9-18(2)28(37)32-26-13-10-20-14-21-23(12-11-22(20)29(26,4)17-34)30(5)16-25(36)27(19(3)33(7)8)31(30,6)15-24(21)35/h10,18-19,21-23,25-27,34,36H,9,11-17H2,1-8H3,(H,32,37)/t18-,19-,21+,22+,23+,25+,26-,27-,29-,30-,31+/m0/s1. The lowest BCUT2D eigenvalue weighted by molar-refractivity contribution is -0.147. The summed E-state index contributed by atoms with van der Waals surface area (Å²) in [6, 6.07) is 0.0814. The number of carbonyl (C=O) groups is 2. The molecule has 3 fully saturated rings. The molecule has 6 heteroatoms. The van der Waals surface area contributed by atoms with Crippen LogP contribution in [0.5, 0.6) is 0 Å². The molecule has 4 aliphatic carbocycles. The van der Waals surface area contributed by atoms with Gasteiger partial charge in [-0.15, -0.1) is 0 Å². The lowest BCUT2D eigenvalue weighted by atomic mass is 9.48. The first-order valence-electron chi connectivity index (χ1n) is 14.7. The summed E-state index contributed by atoms with van der Waals surface area (Å²) in [4.78, 5) is 28.9. The number of aliphatic hydroxyl groups excluding tert-OH is 2. The van der Waals surface area contributed by atoms with Crippen LogP contribution in [0.2, 0.25) is 0 Å². The van der Waals surface area contributed by atoms with Gasteiger partial charge in [0.2, 0.25) is 5.91 Å². The van der Waals surface area contributed by atoms with Gasteiger partial charge in [0.05, 0.1) is 12.7 Å². The van der Waals surface area contributed by atoms with E-state index in [1.807, 2.05) is 13.8 Å². The average Bonchev–Trinajstić information content (AvgIpc) is 2.96. The summed E-state index contributed by atoms with van der Waals surface area (Å²) in [6.45, 7) is 12.9. The smallest absolute Gasteiger partial charge is 0.223 e. The van der Waals surface area contributed by atoms with Crippen molar-refractivity contribution >= 4 is 11.7 Å². The molecule has 4 rings (SSSR count). The van der Waals surface area contributed by atoms with Crippen LogP contribution in [0.4, 0.5) is 0 Å². The van der Waals surface area contributed by atoms with E-state index < -0.39 is 11.5 Å². The van der Waals surface area contributed by atoms with Gasteiger partial charge in [0.15, 0.2) is 0 Å². The Morgan fingerprint density at radius 2 is 1.86 bits per heavy atom. The van der Waals surface area contributed by atoms with E-state index in [4.69, 9.17) is 0 Å². The number of hydrogen-bond donors (Lipinski definition) is 3. The van der Waals surface area contributed by atoms with Crippen LogP contribution in [0.1, 0.15) is 86.5 Å². The fraction of sp³-hybridized carbons (Fsp3) is 0.871. The van der Waals surface area contributed by atoms with Crippen molar-refractivity contribution in [2.45, 2.75) is 105 Å². The minimum absolute atomic E-state index is 0.0137. The molecule has 1 amide bonds. The summed E-state index contributed by atoms with van der Waals surface area (Å²) in [6.07, 6.45) is 7.22. The van der Waals surface area contributed by atoms with Crippen molar-refractivity contribution in [2.75, 3.05) is 20.7 Å². The van der Waals surface area contributed by atoms with E-state index in [-0.39, 0.29) is 65.0 Å². The second-order valence-electron chi connectivity index (χ2n) is 14.1. The molecule has 11 atom stereocenters. The maximum atomic E-state index is 13.9. The third-order valence-electron chi connectivity index (χ3n) is 12.3. The lowest BCUT2D eigenvalue weighted by Gasteiger charge is -2.56. The van der Waals surface area contributed by atoms with E-state index in [1.54, 1.807) is 0 Å². The van der Waals surface area contributed by atoms with Gasteiger partial charge in [0.25, 0.3) is 0 Å². The van der Waals surface area contributed by atoms with Crippen LogP contribution in [0.25, 0.3) is 0 Å². The molecule has 37 heavy (non-hydrogen) atoms. The van der Waals surface area contributed by atoms with Crippen LogP contribution in [0.15, 0.2) is 11.6 Å². The quantitative estimate of drug-likeness (QED) is 0.461. The molecule has 0 aliphatic heterocycles. The molecule has 6 nitrogen and oxygen atoms in total. The molecule has 0 unspecified atom stereocenters. The zero-order valence-corrected chi connectivity index (χ0v) is 24.5. The average molecular weight is 517 g/mol. The predicted molar refractivity (Wildman–Crippen MR) is 147 cm³/mol. The van der Waals surface area contributed by atoms with E-state index in [0.29, 0.717) is 18.6 Å². The molecule has 0 radical (unpaired) electrons. The first-order valence-corrected chi connectivity index (χ1v) is 14.7. The maximum absolute atomic E-state index is 13.9. The highest BCUT2D eigenvalue weighted by molar-refractivity contribution is 5.84. The van der Waals surface area contributed by atoms with Gasteiger partial charge in [0, 0.05) is 41.7 Å². The van der Waals surface area contributed by atoms with Gasteiger partial charge >= 0.3 is 0 Å².